The fourth-order valence-electron chi connectivity index (χ4n) is 3.21. The molecule has 0 bridgehead atoms. The van der Waals surface area contributed by atoms with Gasteiger partial charge >= 0.3 is 0 Å². The SMILES string of the molecule is CNC(CCN1CCCCCC1)(C(N)=O)c1ccccc1. The van der Waals surface area contributed by atoms with E-state index in [1.165, 1.54) is 25.7 Å². The van der Waals surface area contributed by atoms with Crippen molar-refractivity contribution in [2.24, 2.45) is 5.73 Å². The molecule has 2 rings (SSSR count). The molecule has 0 saturated carbocycles. The summed E-state index contributed by atoms with van der Waals surface area (Å²) >= 11 is 0. The van der Waals surface area contributed by atoms with E-state index in [1.54, 1.807) is 0 Å². The molecular formula is C17H27N3O. The Balaban J connectivity index is 2.11. The van der Waals surface area contributed by atoms with E-state index in [0.29, 0.717) is 6.42 Å². The van der Waals surface area contributed by atoms with E-state index in [9.17, 15) is 4.79 Å². The van der Waals surface area contributed by atoms with E-state index >= 15 is 0 Å². The monoisotopic (exact) mass is 289 g/mol. The van der Waals surface area contributed by atoms with Gasteiger partial charge in [-0.05, 0) is 45.0 Å². The first kappa shape index (κ1) is 16.0. The number of nitrogens with two attached hydrogens (primary N) is 1. The topological polar surface area (TPSA) is 58.4 Å². The van der Waals surface area contributed by atoms with E-state index in [1.807, 2.05) is 37.4 Å². The van der Waals surface area contributed by atoms with Crippen LogP contribution in [0.4, 0.5) is 0 Å². The van der Waals surface area contributed by atoms with E-state index in [0.717, 1.165) is 25.2 Å². The first-order valence-corrected chi connectivity index (χ1v) is 7.96. The number of hydrogen-bond acceptors (Lipinski definition) is 3. The molecule has 1 heterocycles. The number of likely N-dealkylation sites (tertiary alicyclic amines) is 1. The summed E-state index contributed by atoms with van der Waals surface area (Å²) in [5, 5.41) is 3.19. The summed E-state index contributed by atoms with van der Waals surface area (Å²) in [4.78, 5) is 14.6. The molecule has 1 aliphatic rings. The smallest absolute Gasteiger partial charge is 0.242 e. The van der Waals surface area contributed by atoms with Gasteiger partial charge in [-0.1, -0.05) is 43.2 Å². The summed E-state index contributed by atoms with van der Waals surface area (Å²) in [6.45, 7) is 3.17. The van der Waals surface area contributed by atoms with Crippen molar-refractivity contribution in [3.63, 3.8) is 0 Å². The van der Waals surface area contributed by atoms with Crippen LogP contribution in [0.25, 0.3) is 0 Å². The summed E-state index contributed by atoms with van der Waals surface area (Å²) in [5.41, 5.74) is 5.92. The Morgan fingerprint density at radius 3 is 2.33 bits per heavy atom. The van der Waals surface area contributed by atoms with Crippen molar-refractivity contribution in [1.29, 1.82) is 0 Å². The number of carbonyl (C=O) groups excluding carboxylic acids is 1. The second-order valence-corrected chi connectivity index (χ2v) is 5.89. The van der Waals surface area contributed by atoms with Crippen molar-refractivity contribution in [3.05, 3.63) is 35.9 Å². The molecule has 1 aromatic rings. The van der Waals surface area contributed by atoms with Crippen LogP contribution in [0.15, 0.2) is 30.3 Å². The Bertz CT molecular complexity index is 441. The van der Waals surface area contributed by atoms with Crippen LogP contribution in [-0.4, -0.2) is 37.5 Å². The molecule has 1 aromatic carbocycles. The Hall–Kier alpha value is -1.39. The molecule has 1 unspecified atom stereocenters. The molecule has 0 radical (unpaired) electrons. The fourth-order valence-corrected chi connectivity index (χ4v) is 3.21. The summed E-state index contributed by atoms with van der Waals surface area (Å²) < 4.78 is 0. The standard InChI is InChI=1S/C17H27N3O/c1-19-17(16(18)21,15-9-5-4-6-10-15)11-14-20-12-7-2-3-8-13-20/h4-6,9-10,19H,2-3,7-8,11-14H2,1H3,(H2,18,21). The highest BCUT2D eigenvalue weighted by molar-refractivity contribution is 5.86. The van der Waals surface area contributed by atoms with Crippen molar-refractivity contribution in [2.45, 2.75) is 37.6 Å². The minimum absolute atomic E-state index is 0.300. The highest BCUT2D eigenvalue weighted by Gasteiger charge is 2.36. The molecule has 1 fully saturated rings. The molecule has 3 N–H and O–H groups in total. The van der Waals surface area contributed by atoms with Crippen molar-refractivity contribution in [2.75, 3.05) is 26.7 Å². The number of hydrogen-bond donors (Lipinski definition) is 2. The van der Waals surface area contributed by atoms with Gasteiger partial charge in [-0.2, -0.15) is 0 Å². The lowest BCUT2D eigenvalue weighted by Gasteiger charge is -2.33. The lowest BCUT2D eigenvalue weighted by Crippen LogP contribution is -2.52. The van der Waals surface area contributed by atoms with Crippen molar-refractivity contribution in [3.8, 4) is 0 Å². The zero-order valence-corrected chi connectivity index (χ0v) is 13.0. The van der Waals surface area contributed by atoms with E-state index in [2.05, 4.69) is 10.2 Å². The van der Waals surface area contributed by atoms with Crippen LogP contribution >= 0.6 is 0 Å². The molecule has 116 valence electrons. The second-order valence-electron chi connectivity index (χ2n) is 5.89. The number of nitrogens with zero attached hydrogens (tertiary/aromatic N) is 1. The van der Waals surface area contributed by atoms with Crippen LogP contribution in [0.3, 0.4) is 0 Å². The molecule has 0 spiro atoms. The third kappa shape index (κ3) is 3.83. The molecule has 4 nitrogen and oxygen atoms in total. The van der Waals surface area contributed by atoms with Crippen LogP contribution in [-0.2, 0) is 10.3 Å². The zero-order chi connectivity index (χ0) is 15.1. The largest absolute Gasteiger partial charge is 0.368 e. The predicted octanol–water partition coefficient (Wildman–Crippen LogP) is 1.85. The molecule has 1 atom stereocenters. The van der Waals surface area contributed by atoms with Crippen LogP contribution in [0, 0.1) is 0 Å². The normalized spacial score (nSPS) is 19.7. The maximum atomic E-state index is 12.1. The maximum absolute atomic E-state index is 12.1. The van der Waals surface area contributed by atoms with Gasteiger partial charge in [0.15, 0.2) is 0 Å². The van der Waals surface area contributed by atoms with Gasteiger partial charge in [0.25, 0.3) is 0 Å². The number of carbonyl (C=O) groups is 1. The van der Waals surface area contributed by atoms with Crippen molar-refractivity contribution < 1.29 is 4.79 Å². The lowest BCUT2D eigenvalue weighted by atomic mass is 9.85. The quantitative estimate of drug-likeness (QED) is 0.840. The Morgan fingerprint density at radius 1 is 1.19 bits per heavy atom. The van der Waals surface area contributed by atoms with Gasteiger partial charge in [0.1, 0.15) is 5.54 Å². The molecular weight excluding hydrogens is 262 g/mol. The maximum Gasteiger partial charge on any atom is 0.242 e. The molecule has 1 amide bonds. The number of likely N-dealkylation sites (N-methyl/N-ethyl adjacent to an activating group) is 1. The number of nitrogens with one attached hydrogen (secondary N) is 1. The van der Waals surface area contributed by atoms with Gasteiger partial charge in [0, 0.05) is 6.54 Å². The Kier molecular flexibility index (Phi) is 5.76. The molecule has 0 aliphatic carbocycles. The number of primary amides is 1. The third-order valence-electron chi connectivity index (χ3n) is 4.62. The number of amides is 1. The molecule has 0 aromatic heterocycles. The van der Waals surface area contributed by atoms with Crippen LogP contribution in [0.5, 0.6) is 0 Å². The molecule has 21 heavy (non-hydrogen) atoms. The highest BCUT2D eigenvalue weighted by Crippen LogP contribution is 2.25. The van der Waals surface area contributed by atoms with Gasteiger partial charge in [0.2, 0.25) is 5.91 Å². The average Bonchev–Trinajstić information content (AvgIpc) is 2.78. The molecule has 1 aliphatic heterocycles. The minimum Gasteiger partial charge on any atom is -0.368 e. The van der Waals surface area contributed by atoms with Gasteiger partial charge in [-0.15, -0.1) is 0 Å². The van der Waals surface area contributed by atoms with Crippen LogP contribution < -0.4 is 11.1 Å². The second kappa shape index (κ2) is 7.57. The molecule has 1 saturated heterocycles. The van der Waals surface area contributed by atoms with Crippen molar-refractivity contribution >= 4 is 5.91 Å². The number of rotatable bonds is 6. The predicted molar refractivity (Wildman–Crippen MR) is 85.9 cm³/mol. The summed E-state index contributed by atoms with van der Waals surface area (Å²) in [6.07, 6.45) is 5.87. The summed E-state index contributed by atoms with van der Waals surface area (Å²) in [5.74, 6) is -0.300. The van der Waals surface area contributed by atoms with Crippen LogP contribution in [0.1, 0.15) is 37.7 Å². The third-order valence-corrected chi connectivity index (χ3v) is 4.62. The Morgan fingerprint density at radius 2 is 1.81 bits per heavy atom. The van der Waals surface area contributed by atoms with Crippen molar-refractivity contribution in [1.82, 2.24) is 10.2 Å². The zero-order valence-electron chi connectivity index (χ0n) is 13.0. The van der Waals surface area contributed by atoms with E-state index < -0.39 is 5.54 Å². The first-order valence-electron chi connectivity index (χ1n) is 7.96. The van der Waals surface area contributed by atoms with Gasteiger partial charge < -0.3 is 16.0 Å². The fraction of sp³-hybridized carbons (Fsp3) is 0.588. The summed E-state index contributed by atoms with van der Waals surface area (Å²) in [7, 11) is 1.82. The Labute approximate surface area is 127 Å². The average molecular weight is 289 g/mol. The van der Waals surface area contributed by atoms with E-state index in [-0.39, 0.29) is 5.91 Å². The minimum atomic E-state index is -0.770. The van der Waals surface area contributed by atoms with E-state index in [4.69, 9.17) is 5.73 Å². The lowest BCUT2D eigenvalue weighted by molar-refractivity contribution is -0.125. The van der Waals surface area contributed by atoms with Gasteiger partial charge in [-0.3, -0.25) is 4.79 Å². The summed E-state index contributed by atoms with van der Waals surface area (Å²) in [6, 6.07) is 9.82. The number of benzene rings is 1. The van der Waals surface area contributed by atoms with Crippen LogP contribution in [0.2, 0.25) is 0 Å². The highest BCUT2D eigenvalue weighted by atomic mass is 16.1. The van der Waals surface area contributed by atoms with Gasteiger partial charge in [0.05, 0.1) is 0 Å². The first-order chi connectivity index (χ1) is 10.2. The van der Waals surface area contributed by atoms with Gasteiger partial charge in [-0.25, -0.2) is 0 Å². The molecule has 4 heteroatoms.